The quantitative estimate of drug-likeness (QED) is 0.0774. The van der Waals surface area contributed by atoms with Crippen LogP contribution in [-0.2, 0) is 23.1 Å². The SMILES string of the molecule is CCCCOP(O)O.CCCCOP(O)OCC1CCC(N(C)/C=C\C(=N)NC=O)O1. The Hall–Kier alpha value is -0.740. The molecule has 0 bridgehead atoms. The van der Waals surface area contributed by atoms with E-state index in [9.17, 15) is 9.69 Å². The summed E-state index contributed by atoms with van der Waals surface area (Å²) in [6.07, 6.45) is 8.88. The molecular formula is C18H37N3O8P2. The van der Waals surface area contributed by atoms with Crippen molar-refractivity contribution in [2.24, 2.45) is 0 Å². The first-order valence-corrected chi connectivity index (χ1v) is 12.5. The highest BCUT2D eigenvalue weighted by Gasteiger charge is 2.28. The molecule has 0 spiro atoms. The molecule has 1 saturated heterocycles. The number of nitrogens with zero attached hydrogens (tertiary/aromatic N) is 1. The molecule has 0 aliphatic carbocycles. The molecule has 1 heterocycles. The molecule has 0 radical (unpaired) electrons. The zero-order valence-corrected chi connectivity index (χ0v) is 20.3. The molecule has 31 heavy (non-hydrogen) atoms. The molecule has 0 aromatic heterocycles. The summed E-state index contributed by atoms with van der Waals surface area (Å²) >= 11 is 0. The van der Waals surface area contributed by atoms with Gasteiger partial charge in [0.25, 0.3) is 0 Å². The molecule has 1 fully saturated rings. The number of amidine groups is 1. The van der Waals surface area contributed by atoms with E-state index in [0.717, 1.165) is 38.5 Å². The van der Waals surface area contributed by atoms with E-state index in [4.69, 9.17) is 29.0 Å². The molecule has 3 atom stereocenters. The lowest BCUT2D eigenvalue weighted by Gasteiger charge is -2.23. The van der Waals surface area contributed by atoms with Crippen LogP contribution < -0.4 is 5.32 Å². The van der Waals surface area contributed by atoms with Crippen molar-refractivity contribution < 1.29 is 37.8 Å². The summed E-state index contributed by atoms with van der Waals surface area (Å²) < 4.78 is 20.7. The van der Waals surface area contributed by atoms with Crippen LogP contribution in [0.5, 0.6) is 0 Å². The fourth-order valence-corrected chi connectivity index (χ4v) is 3.22. The van der Waals surface area contributed by atoms with Gasteiger partial charge in [-0.15, -0.1) is 0 Å². The van der Waals surface area contributed by atoms with Crippen molar-refractivity contribution in [2.75, 3.05) is 26.9 Å². The number of ether oxygens (including phenoxy) is 1. The Morgan fingerprint density at radius 1 is 1.16 bits per heavy atom. The zero-order valence-electron chi connectivity index (χ0n) is 18.5. The molecule has 11 nitrogen and oxygen atoms in total. The van der Waals surface area contributed by atoms with Crippen molar-refractivity contribution in [1.82, 2.24) is 10.2 Å². The van der Waals surface area contributed by atoms with Crippen molar-refractivity contribution >= 4 is 29.5 Å². The third-order valence-corrected chi connectivity index (χ3v) is 5.19. The standard InChI is InChI=1S/C14H26N3O5P.C4H11O3P/c1-3-4-9-20-23(19)21-10-12-5-6-14(22-12)17(2)8-7-13(15)16-11-18;1-2-3-4-7-8(5)6/h7-8,11-12,14,19H,3-6,9-10H2,1-2H3,(H2,15,16,18);5-6H,2-4H2,1H3/b8-7-;. The van der Waals surface area contributed by atoms with Crippen LogP contribution >= 0.6 is 17.2 Å². The number of carbonyl (C=O) groups is 1. The minimum absolute atomic E-state index is 0.0138. The highest BCUT2D eigenvalue weighted by molar-refractivity contribution is 7.40. The van der Waals surface area contributed by atoms with Crippen molar-refractivity contribution in [2.45, 2.75) is 64.7 Å². The molecule has 0 saturated carbocycles. The normalized spacial score (nSPS) is 19.2. The maximum Gasteiger partial charge on any atom is 0.329 e. The van der Waals surface area contributed by atoms with Gasteiger partial charge < -0.3 is 43.2 Å². The van der Waals surface area contributed by atoms with E-state index in [1.165, 1.54) is 6.08 Å². The number of amides is 1. The maximum absolute atomic E-state index is 10.2. The fourth-order valence-electron chi connectivity index (χ4n) is 2.27. The number of nitrogens with one attached hydrogen (secondary N) is 2. The molecule has 0 aromatic rings. The third-order valence-electron chi connectivity index (χ3n) is 4.01. The topological polar surface area (TPSA) is 154 Å². The molecule has 1 aliphatic heterocycles. The van der Waals surface area contributed by atoms with Crippen LogP contribution in [0.15, 0.2) is 12.3 Å². The third kappa shape index (κ3) is 17.5. The molecule has 13 heteroatoms. The average Bonchev–Trinajstić information content (AvgIpc) is 3.21. The van der Waals surface area contributed by atoms with Crippen molar-refractivity contribution in [3.63, 3.8) is 0 Å². The molecule has 0 aromatic carbocycles. The first-order chi connectivity index (χ1) is 14.8. The van der Waals surface area contributed by atoms with E-state index in [0.29, 0.717) is 26.2 Å². The van der Waals surface area contributed by atoms with Gasteiger partial charge in [-0.05, 0) is 31.8 Å². The largest absolute Gasteiger partial charge is 0.355 e. The van der Waals surface area contributed by atoms with Crippen LogP contribution in [0.2, 0.25) is 0 Å². The van der Waals surface area contributed by atoms with Gasteiger partial charge in [-0.3, -0.25) is 10.2 Å². The van der Waals surface area contributed by atoms with Gasteiger partial charge in [0.15, 0.2) is 0 Å². The first-order valence-electron chi connectivity index (χ1n) is 10.2. The summed E-state index contributed by atoms with van der Waals surface area (Å²) in [5.74, 6) is 0.0138. The Labute approximate surface area is 187 Å². The van der Waals surface area contributed by atoms with Crippen molar-refractivity contribution in [1.29, 1.82) is 5.41 Å². The van der Waals surface area contributed by atoms with E-state index in [1.807, 2.05) is 18.9 Å². The summed E-state index contributed by atoms with van der Waals surface area (Å²) in [7, 11) is -2.11. The predicted octanol–water partition coefficient (Wildman–Crippen LogP) is 2.73. The number of carbonyl (C=O) groups excluding carboxylic acids is 1. The lowest BCUT2D eigenvalue weighted by molar-refractivity contribution is -0.108. The Kier molecular flexibility index (Phi) is 19.4. The Morgan fingerprint density at radius 3 is 2.39 bits per heavy atom. The monoisotopic (exact) mass is 485 g/mol. The smallest absolute Gasteiger partial charge is 0.329 e. The van der Waals surface area contributed by atoms with Crippen LogP contribution in [-0.4, -0.2) is 71.0 Å². The molecule has 1 aliphatic rings. The second-order valence-electron chi connectivity index (χ2n) is 6.61. The maximum atomic E-state index is 10.2. The lowest BCUT2D eigenvalue weighted by atomic mass is 10.2. The molecule has 1 rings (SSSR count). The minimum atomic E-state index is -2.11. The van der Waals surface area contributed by atoms with Gasteiger partial charge in [-0.2, -0.15) is 0 Å². The van der Waals surface area contributed by atoms with Crippen LogP contribution in [0.1, 0.15) is 52.4 Å². The highest BCUT2D eigenvalue weighted by Crippen LogP contribution is 2.34. The van der Waals surface area contributed by atoms with E-state index in [1.54, 1.807) is 6.20 Å². The summed E-state index contributed by atoms with van der Waals surface area (Å²) in [5.41, 5.74) is 0. The van der Waals surface area contributed by atoms with Crippen LogP contribution in [0.3, 0.4) is 0 Å². The Morgan fingerprint density at radius 2 is 1.81 bits per heavy atom. The van der Waals surface area contributed by atoms with Gasteiger partial charge in [0.1, 0.15) is 12.1 Å². The van der Waals surface area contributed by atoms with E-state index in [-0.39, 0.29) is 18.2 Å². The lowest BCUT2D eigenvalue weighted by Crippen LogP contribution is -2.29. The number of hydrogen-bond acceptors (Lipinski definition) is 10. The van der Waals surface area contributed by atoms with Crippen molar-refractivity contribution in [3.05, 3.63) is 12.3 Å². The van der Waals surface area contributed by atoms with Gasteiger partial charge >= 0.3 is 17.2 Å². The van der Waals surface area contributed by atoms with Gasteiger partial charge in [0, 0.05) is 13.2 Å². The van der Waals surface area contributed by atoms with Crippen LogP contribution in [0.25, 0.3) is 0 Å². The zero-order chi connectivity index (χ0) is 23.5. The summed E-state index contributed by atoms with van der Waals surface area (Å²) in [6.45, 7) is 5.32. The second-order valence-corrected chi connectivity index (χ2v) is 8.36. The summed E-state index contributed by atoms with van der Waals surface area (Å²) in [5, 5.41) is 9.66. The van der Waals surface area contributed by atoms with E-state index >= 15 is 0 Å². The Bertz CT molecular complexity index is 502. The summed E-state index contributed by atoms with van der Waals surface area (Å²) in [4.78, 5) is 38.0. The number of rotatable bonds is 15. The average molecular weight is 485 g/mol. The summed E-state index contributed by atoms with van der Waals surface area (Å²) in [6, 6.07) is 0. The van der Waals surface area contributed by atoms with Crippen molar-refractivity contribution in [3.8, 4) is 0 Å². The second kappa shape index (κ2) is 19.9. The van der Waals surface area contributed by atoms with Gasteiger partial charge in [0.2, 0.25) is 6.41 Å². The predicted molar refractivity (Wildman–Crippen MR) is 120 cm³/mol. The Balaban J connectivity index is 0.000000954. The van der Waals surface area contributed by atoms with Gasteiger partial charge in [-0.1, -0.05) is 26.7 Å². The number of unbranched alkanes of at least 4 members (excludes halogenated alkanes) is 2. The molecular weight excluding hydrogens is 448 g/mol. The molecule has 182 valence electrons. The van der Waals surface area contributed by atoms with E-state index in [2.05, 4.69) is 16.8 Å². The van der Waals surface area contributed by atoms with Crippen LogP contribution in [0.4, 0.5) is 0 Å². The van der Waals surface area contributed by atoms with Crippen LogP contribution in [0, 0.1) is 5.41 Å². The minimum Gasteiger partial charge on any atom is -0.355 e. The molecule has 5 N–H and O–H groups in total. The van der Waals surface area contributed by atoms with Gasteiger partial charge in [-0.25, -0.2) is 0 Å². The molecule has 3 unspecified atom stereocenters. The molecule has 1 amide bonds. The fraction of sp³-hybridized carbons (Fsp3) is 0.778. The first kappa shape index (κ1) is 30.3. The number of hydrogen-bond donors (Lipinski definition) is 5. The van der Waals surface area contributed by atoms with Gasteiger partial charge in [0.05, 0.1) is 25.9 Å². The van der Waals surface area contributed by atoms with E-state index < -0.39 is 17.2 Å². The highest BCUT2D eigenvalue weighted by atomic mass is 31.2.